The number of carbonyl (C=O) groups excluding carboxylic acids is 1. The van der Waals surface area contributed by atoms with E-state index in [1.807, 2.05) is 55.5 Å². The van der Waals surface area contributed by atoms with Crippen LogP contribution >= 0.6 is 0 Å². The van der Waals surface area contributed by atoms with E-state index in [1.165, 1.54) is 0 Å². The van der Waals surface area contributed by atoms with Gasteiger partial charge in [0.25, 0.3) is 0 Å². The van der Waals surface area contributed by atoms with Crippen LogP contribution < -0.4 is 15.4 Å². The largest absolute Gasteiger partial charge is 0.457 e. The molecule has 0 bridgehead atoms. The molecule has 1 aliphatic rings. The van der Waals surface area contributed by atoms with Crippen LogP contribution in [-0.4, -0.2) is 19.0 Å². The first-order valence-corrected chi connectivity index (χ1v) is 8.53. The number of carbonyl (C=O) groups is 1. The number of piperidine rings is 1. The lowest BCUT2D eigenvalue weighted by molar-refractivity contribution is -0.125. The quantitative estimate of drug-likeness (QED) is 0.886. The van der Waals surface area contributed by atoms with E-state index in [-0.39, 0.29) is 11.8 Å². The number of ether oxygens (including phenoxy) is 1. The number of nitrogens with one attached hydrogen (secondary N) is 2. The van der Waals surface area contributed by atoms with Crippen LogP contribution in [0.25, 0.3) is 0 Å². The average molecular weight is 324 g/mol. The predicted octanol–water partition coefficient (Wildman–Crippen LogP) is 3.40. The monoisotopic (exact) mass is 324 g/mol. The summed E-state index contributed by atoms with van der Waals surface area (Å²) in [5.41, 5.74) is 2.13. The number of amides is 1. The topological polar surface area (TPSA) is 50.4 Å². The number of aryl methyl sites for hydroxylation is 1. The van der Waals surface area contributed by atoms with Crippen LogP contribution in [0.15, 0.2) is 48.5 Å². The maximum atomic E-state index is 12.3. The van der Waals surface area contributed by atoms with Crippen LogP contribution in [0.4, 0.5) is 0 Å². The molecule has 2 N–H and O–H groups in total. The molecule has 0 spiro atoms. The molecule has 0 aliphatic carbocycles. The third kappa shape index (κ3) is 4.36. The predicted molar refractivity (Wildman–Crippen MR) is 95.1 cm³/mol. The fraction of sp³-hybridized carbons (Fsp3) is 0.350. The molecule has 3 rings (SSSR count). The highest BCUT2D eigenvalue weighted by Gasteiger charge is 2.20. The molecular weight excluding hydrogens is 300 g/mol. The summed E-state index contributed by atoms with van der Waals surface area (Å²) in [6, 6.07) is 15.8. The highest BCUT2D eigenvalue weighted by atomic mass is 16.5. The van der Waals surface area contributed by atoms with Crippen LogP contribution in [0.5, 0.6) is 11.5 Å². The zero-order chi connectivity index (χ0) is 16.8. The fourth-order valence-electron chi connectivity index (χ4n) is 2.93. The Balaban J connectivity index is 1.67. The van der Waals surface area contributed by atoms with Gasteiger partial charge in [0.2, 0.25) is 5.91 Å². The normalized spacial score (nSPS) is 15.0. The van der Waals surface area contributed by atoms with Gasteiger partial charge in [-0.25, -0.2) is 0 Å². The highest BCUT2D eigenvalue weighted by molar-refractivity contribution is 5.78. The summed E-state index contributed by atoms with van der Waals surface area (Å²) in [5.74, 6) is 1.86. The Hall–Kier alpha value is -2.33. The molecule has 1 amide bonds. The average Bonchev–Trinajstić information content (AvgIpc) is 2.62. The molecule has 1 heterocycles. The molecule has 2 aromatic rings. The second-order valence-electron chi connectivity index (χ2n) is 6.27. The van der Waals surface area contributed by atoms with Gasteiger partial charge in [0.1, 0.15) is 11.5 Å². The van der Waals surface area contributed by atoms with Crippen molar-refractivity contribution in [2.24, 2.45) is 5.92 Å². The minimum absolute atomic E-state index is 0.121. The lowest BCUT2D eigenvalue weighted by Gasteiger charge is -2.22. The van der Waals surface area contributed by atoms with Crippen LogP contribution in [0.2, 0.25) is 0 Å². The highest BCUT2D eigenvalue weighted by Crippen LogP contribution is 2.26. The van der Waals surface area contributed by atoms with Crippen molar-refractivity contribution in [1.29, 1.82) is 0 Å². The van der Waals surface area contributed by atoms with Crippen molar-refractivity contribution in [1.82, 2.24) is 10.6 Å². The van der Waals surface area contributed by atoms with Gasteiger partial charge in [0.15, 0.2) is 0 Å². The van der Waals surface area contributed by atoms with Gasteiger partial charge in [-0.15, -0.1) is 0 Å². The summed E-state index contributed by atoms with van der Waals surface area (Å²) in [6.07, 6.45) is 1.82. The first-order valence-electron chi connectivity index (χ1n) is 8.53. The summed E-state index contributed by atoms with van der Waals surface area (Å²) >= 11 is 0. The fourth-order valence-corrected chi connectivity index (χ4v) is 2.93. The second kappa shape index (κ2) is 7.97. The van der Waals surface area contributed by atoms with Crippen molar-refractivity contribution in [2.45, 2.75) is 26.3 Å². The van der Waals surface area contributed by atoms with Gasteiger partial charge in [0.05, 0.1) is 0 Å². The van der Waals surface area contributed by atoms with Gasteiger partial charge in [-0.1, -0.05) is 30.3 Å². The molecule has 0 atom stereocenters. The molecule has 126 valence electrons. The third-order valence-electron chi connectivity index (χ3n) is 4.36. The molecular formula is C20H24N2O2. The molecule has 2 aromatic carbocycles. The van der Waals surface area contributed by atoms with E-state index < -0.39 is 0 Å². The maximum Gasteiger partial charge on any atom is 0.223 e. The SMILES string of the molecule is Cc1ccc(CNC(=O)C2CCNCC2)c(Oc2ccccc2)c1. The van der Waals surface area contributed by atoms with E-state index >= 15 is 0 Å². The maximum absolute atomic E-state index is 12.3. The van der Waals surface area contributed by atoms with Gasteiger partial charge in [-0.2, -0.15) is 0 Å². The molecule has 1 saturated heterocycles. The minimum Gasteiger partial charge on any atom is -0.457 e. The molecule has 24 heavy (non-hydrogen) atoms. The zero-order valence-electron chi connectivity index (χ0n) is 14.0. The van der Waals surface area contributed by atoms with E-state index in [1.54, 1.807) is 0 Å². The van der Waals surface area contributed by atoms with E-state index in [0.717, 1.165) is 48.6 Å². The number of rotatable bonds is 5. The first kappa shape index (κ1) is 16.5. The molecule has 1 fully saturated rings. The van der Waals surface area contributed by atoms with E-state index in [4.69, 9.17) is 4.74 Å². The number of hydrogen-bond acceptors (Lipinski definition) is 3. The van der Waals surface area contributed by atoms with Gasteiger partial charge < -0.3 is 15.4 Å². The Labute approximate surface area is 143 Å². The standard InChI is InChI=1S/C20H24N2O2/c1-15-7-8-17(14-22-20(23)16-9-11-21-12-10-16)19(13-15)24-18-5-3-2-4-6-18/h2-8,13,16,21H,9-12,14H2,1H3,(H,22,23). The summed E-state index contributed by atoms with van der Waals surface area (Å²) in [5, 5.41) is 6.35. The number of benzene rings is 2. The van der Waals surface area contributed by atoms with Gasteiger partial charge >= 0.3 is 0 Å². The third-order valence-corrected chi connectivity index (χ3v) is 4.36. The molecule has 0 unspecified atom stereocenters. The van der Waals surface area contributed by atoms with Gasteiger partial charge in [-0.3, -0.25) is 4.79 Å². The Morgan fingerprint density at radius 2 is 1.92 bits per heavy atom. The second-order valence-corrected chi connectivity index (χ2v) is 6.27. The van der Waals surface area contributed by atoms with Crippen molar-refractivity contribution in [3.05, 3.63) is 59.7 Å². The molecule has 1 aliphatic heterocycles. The lowest BCUT2D eigenvalue weighted by atomic mass is 9.97. The number of hydrogen-bond donors (Lipinski definition) is 2. The summed E-state index contributed by atoms with van der Waals surface area (Å²) in [6.45, 7) is 4.37. The van der Waals surface area contributed by atoms with Crippen molar-refractivity contribution in [2.75, 3.05) is 13.1 Å². The summed E-state index contributed by atoms with van der Waals surface area (Å²) in [4.78, 5) is 12.3. The zero-order valence-corrected chi connectivity index (χ0v) is 14.0. The number of para-hydroxylation sites is 1. The van der Waals surface area contributed by atoms with E-state index in [2.05, 4.69) is 10.6 Å². The molecule has 4 heteroatoms. The summed E-state index contributed by atoms with van der Waals surface area (Å²) < 4.78 is 6.01. The van der Waals surface area contributed by atoms with Crippen molar-refractivity contribution in [3.8, 4) is 11.5 Å². The van der Waals surface area contributed by atoms with Crippen molar-refractivity contribution >= 4 is 5.91 Å². The van der Waals surface area contributed by atoms with E-state index in [0.29, 0.717) is 6.54 Å². The van der Waals surface area contributed by atoms with Crippen LogP contribution in [-0.2, 0) is 11.3 Å². The minimum atomic E-state index is 0.121. The molecule has 0 aromatic heterocycles. The molecule has 0 saturated carbocycles. The smallest absolute Gasteiger partial charge is 0.223 e. The summed E-state index contributed by atoms with van der Waals surface area (Å²) in [7, 11) is 0. The van der Waals surface area contributed by atoms with Crippen molar-refractivity contribution < 1.29 is 9.53 Å². The van der Waals surface area contributed by atoms with Crippen molar-refractivity contribution in [3.63, 3.8) is 0 Å². The Morgan fingerprint density at radius 3 is 2.67 bits per heavy atom. The van der Waals surface area contributed by atoms with Crippen LogP contribution in [0, 0.1) is 12.8 Å². The van der Waals surface area contributed by atoms with Gasteiger partial charge in [-0.05, 0) is 56.6 Å². The van der Waals surface area contributed by atoms with E-state index in [9.17, 15) is 4.79 Å². The van der Waals surface area contributed by atoms with Crippen LogP contribution in [0.3, 0.4) is 0 Å². The first-order chi connectivity index (χ1) is 11.7. The Kier molecular flexibility index (Phi) is 5.49. The van der Waals surface area contributed by atoms with Gasteiger partial charge in [0, 0.05) is 18.0 Å². The molecule has 0 radical (unpaired) electrons. The Morgan fingerprint density at radius 1 is 1.17 bits per heavy atom. The molecule has 4 nitrogen and oxygen atoms in total. The Bertz CT molecular complexity index is 679. The van der Waals surface area contributed by atoms with Crippen LogP contribution in [0.1, 0.15) is 24.0 Å². The lowest BCUT2D eigenvalue weighted by Crippen LogP contribution is -2.37.